The number of hydrogen-bond acceptors (Lipinski definition) is 5. The number of anilines is 1. The van der Waals surface area contributed by atoms with E-state index in [2.05, 4.69) is 9.69 Å². The van der Waals surface area contributed by atoms with Crippen LogP contribution in [0.4, 0.5) is 18.2 Å². The van der Waals surface area contributed by atoms with E-state index in [4.69, 9.17) is 22.1 Å². The Morgan fingerprint density at radius 3 is 2.17 bits per heavy atom. The zero-order valence-electron chi connectivity index (χ0n) is 15.5. The number of ether oxygens (including phenoxy) is 1. The standard InChI is InChI=1S/C20H15ClF3N3O2S/c1-11-17(21)19(30-27-11)26-18(28)16(10-25)12-2-6-14(7-3-12)29-15-8-4-13(5-9-15)20(22,23)24/h2-10H,25H2,1H3,(H,26,28)/b16-10+. The Labute approximate surface area is 179 Å². The smallest absolute Gasteiger partial charge is 0.416 e. The van der Waals surface area contributed by atoms with Gasteiger partial charge < -0.3 is 15.8 Å². The fourth-order valence-corrected chi connectivity index (χ4v) is 3.39. The van der Waals surface area contributed by atoms with Gasteiger partial charge in [0.1, 0.15) is 16.5 Å². The first-order valence-electron chi connectivity index (χ1n) is 8.49. The van der Waals surface area contributed by atoms with Crippen LogP contribution in [0.3, 0.4) is 0 Å². The SMILES string of the molecule is Cc1nsc(NC(=O)/C(=C/N)c2ccc(Oc3ccc(C(F)(F)F)cc3)cc2)c1Cl. The molecule has 0 unspecified atom stereocenters. The zero-order chi connectivity index (χ0) is 21.9. The number of aryl methyl sites for hydroxylation is 1. The van der Waals surface area contributed by atoms with Crippen LogP contribution in [-0.2, 0) is 11.0 Å². The van der Waals surface area contributed by atoms with Gasteiger partial charge in [0.05, 0.1) is 21.9 Å². The molecule has 1 heterocycles. The van der Waals surface area contributed by atoms with E-state index in [0.717, 1.165) is 23.7 Å². The van der Waals surface area contributed by atoms with Crippen molar-refractivity contribution >= 4 is 39.6 Å². The summed E-state index contributed by atoms with van der Waals surface area (Å²) in [6, 6.07) is 10.7. The summed E-state index contributed by atoms with van der Waals surface area (Å²) >= 11 is 7.14. The molecule has 0 atom stereocenters. The van der Waals surface area contributed by atoms with Crippen molar-refractivity contribution in [1.29, 1.82) is 0 Å². The second-order valence-electron chi connectivity index (χ2n) is 6.09. The Balaban J connectivity index is 1.70. The van der Waals surface area contributed by atoms with Crippen molar-refractivity contribution in [2.24, 2.45) is 5.73 Å². The monoisotopic (exact) mass is 453 g/mol. The van der Waals surface area contributed by atoms with Gasteiger partial charge in [-0.3, -0.25) is 4.79 Å². The number of amides is 1. The van der Waals surface area contributed by atoms with Crippen LogP contribution < -0.4 is 15.8 Å². The molecule has 30 heavy (non-hydrogen) atoms. The van der Waals surface area contributed by atoms with E-state index in [9.17, 15) is 18.0 Å². The second-order valence-corrected chi connectivity index (χ2v) is 7.25. The van der Waals surface area contributed by atoms with Gasteiger partial charge in [-0.05, 0) is 60.4 Å². The molecule has 0 aliphatic carbocycles. The number of nitrogens with zero attached hydrogens (tertiary/aromatic N) is 1. The van der Waals surface area contributed by atoms with Crippen LogP contribution >= 0.6 is 23.1 Å². The number of carbonyl (C=O) groups is 1. The molecule has 0 aliphatic rings. The predicted octanol–water partition coefficient (Wildman–Crippen LogP) is 5.85. The lowest BCUT2D eigenvalue weighted by molar-refractivity contribution is -0.137. The number of carbonyl (C=O) groups excluding carboxylic acids is 1. The third-order valence-electron chi connectivity index (χ3n) is 4.01. The summed E-state index contributed by atoms with van der Waals surface area (Å²) in [5.41, 5.74) is 6.20. The lowest BCUT2D eigenvalue weighted by Gasteiger charge is -2.10. The van der Waals surface area contributed by atoms with Gasteiger partial charge in [-0.2, -0.15) is 17.5 Å². The van der Waals surface area contributed by atoms with E-state index < -0.39 is 17.6 Å². The fraction of sp³-hybridized carbons (Fsp3) is 0.100. The minimum Gasteiger partial charge on any atom is -0.457 e. The van der Waals surface area contributed by atoms with E-state index in [-0.39, 0.29) is 11.3 Å². The Morgan fingerprint density at radius 1 is 1.13 bits per heavy atom. The number of halogens is 4. The summed E-state index contributed by atoms with van der Waals surface area (Å²) in [5, 5.41) is 3.45. The van der Waals surface area contributed by atoms with Crippen LogP contribution in [0.1, 0.15) is 16.8 Å². The zero-order valence-corrected chi connectivity index (χ0v) is 17.0. The summed E-state index contributed by atoms with van der Waals surface area (Å²) in [6.07, 6.45) is -3.24. The van der Waals surface area contributed by atoms with Gasteiger partial charge in [0.15, 0.2) is 0 Å². The summed E-state index contributed by atoms with van der Waals surface area (Å²) < 4.78 is 47.5. The average Bonchev–Trinajstić information content (AvgIpc) is 3.02. The van der Waals surface area contributed by atoms with Crippen LogP contribution in [0, 0.1) is 6.92 Å². The van der Waals surface area contributed by atoms with Crippen molar-refractivity contribution in [2.45, 2.75) is 13.1 Å². The number of nitrogens with two attached hydrogens (primary N) is 1. The molecular weight excluding hydrogens is 439 g/mol. The molecule has 3 aromatic rings. The summed E-state index contributed by atoms with van der Waals surface area (Å²) in [6.45, 7) is 1.73. The van der Waals surface area contributed by atoms with E-state index in [1.165, 1.54) is 18.3 Å². The van der Waals surface area contributed by atoms with Crippen molar-refractivity contribution in [3.05, 3.63) is 76.6 Å². The highest BCUT2D eigenvalue weighted by Gasteiger charge is 2.30. The van der Waals surface area contributed by atoms with Gasteiger partial charge in [0, 0.05) is 6.20 Å². The number of benzene rings is 2. The molecular formula is C20H15ClF3N3O2S. The topological polar surface area (TPSA) is 77.2 Å². The van der Waals surface area contributed by atoms with Gasteiger partial charge in [0.2, 0.25) is 0 Å². The molecule has 0 aliphatic heterocycles. The fourth-order valence-electron chi connectivity index (χ4n) is 2.46. The number of nitrogens with one attached hydrogen (secondary N) is 1. The van der Waals surface area contributed by atoms with Crippen molar-refractivity contribution < 1.29 is 22.7 Å². The van der Waals surface area contributed by atoms with E-state index in [1.807, 2.05) is 0 Å². The molecule has 0 saturated heterocycles. The first-order chi connectivity index (χ1) is 14.2. The van der Waals surface area contributed by atoms with Crippen LogP contribution in [0.5, 0.6) is 11.5 Å². The van der Waals surface area contributed by atoms with Gasteiger partial charge in [-0.1, -0.05) is 23.7 Å². The molecule has 0 spiro atoms. The van der Waals surface area contributed by atoms with Crippen LogP contribution in [0.15, 0.2) is 54.7 Å². The molecule has 1 amide bonds. The molecule has 1 aromatic heterocycles. The first kappa shape index (κ1) is 21.7. The Hall–Kier alpha value is -3.04. The minimum atomic E-state index is -4.41. The lowest BCUT2D eigenvalue weighted by Crippen LogP contribution is -2.14. The molecule has 0 fully saturated rings. The van der Waals surface area contributed by atoms with Crippen molar-refractivity contribution in [3.8, 4) is 11.5 Å². The van der Waals surface area contributed by atoms with E-state index >= 15 is 0 Å². The predicted molar refractivity (Wildman–Crippen MR) is 111 cm³/mol. The largest absolute Gasteiger partial charge is 0.457 e. The van der Waals surface area contributed by atoms with Crippen molar-refractivity contribution in [2.75, 3.05) is 5.32 Å². The highest BCUT2D eigenvalue weighted by atomic mass is 35.5. The summed E-state index contributed by atoms with van der Waals surface area (Å²) in [7, 11) is 0. The van der Waals surface area contributed by atoms with Crippen LogP contribution in [0.2, 0.25) is 5.02 Å². The highest BCUT2D eigenvalue weighted by molar-refractivity contribution is 7.11. The van der Waals surface area contributed by atoms with E-state index in [0.29, 0.717) is 27.0 Å². The maximum absolute atomic E-state index is 12.6. The van der Waals surface area contributed by atoms with Crippen LogP contribution in [0.25, 0.3) is 5.57 Å². The minimum absolute atomic E-state index is 0.207. The molecule has 156 valence electrons. The third-order valence-corrected chi connectivity index (χ3v) is 5.44. The number of hydrogen-bond donors (Lipinski definition) is 2. The Bertz CT molecular complexity index is 1080. The quantitative estimate of drug-likeness (QED) is 0.475. The Kier molecular flexibility index (Phi) is 6.33. The van der Waals surface area contributed by atoms with Gasteiger partial charge in [-0.15, -0.1) is 0 Å². The number of aromatic nitrogens is 1. The first-order valence-corrected chi connectivity index (χ1v) is 9.64. The molecule has 10 heteroatoms. The summed E-state index contributed by atoms with van der Waals surface area (Å²) in [5.74, 6) is 0.175. The van der Waals surface area contributed by atoms with E-state index in [1.54, 1.807) is 31.2 Å². The Morgan fingerprint density at radius 2 is 1.70 bits per heavy atom. The number of alkyl halides is 3. The van der Waals surface area contributed by atoms with Crippen LogP contribution in [-0.4, -0.2) is 10.3 Å². The summed E-state index contributed by atoms with van der Waals surface area (Å²) in [4.78, 5) is 12.5. The second kappa shape index (κ2) is 8.76. The van der Waals surface area contributed by atoms with Crippen molar-refractivity contribution in [3.63, 3.8) is 0 Å². The molecule has 0 bridgehead atoms. The maximum Gasteiger partial charge on any atom is 0.416 e. The molecule has 3 rings (SSSR count). The molecule has 2 aromatic carbocycles. The van der Waals surface area contributed by atoms with Crippen molar-refractivity contribution in [1.82, 2.24) is 4.37 Å². The average molecular weight is 454 g/mol. The normalized spacial score (nSPS) is 12.0. The number of rotatable bonds is 5. The molecule has 0 saturated carbocycles. The molecule has 0 radical (unpaired) electrons. The third kappa shape index (κ3) is 4.92. The lowest BCUT2D eigenvalue weighted by atomic mass is 10.1. The molecule has 5 nitrogen and oxygen atoms in total. The highest BCUT2D eigenvalue weighted by Crippen LogP contribution is 2.32. The molecule has 3 N–H and O–H groups in total. The van der Waals surface area contributed by atoms with Gasteiger partial charge >= 0.3 is 6.18 Å². The van der Waals surface area contributed by atoms with Gasteiger partial charge in [0.25, 0.3) is 5.91 Å². The van der Waals surface area contributed by atoms with Gasteiger partial charge in [-0.25, -0.2) is 0 Å². The maximum atomic E-state index is 12.6.